The molecule has 0 saturated carbocycles. The Morgan fingerprint density at radius 3 is 2.50 bits per heavy atom. The summed E-state index contributed by atoms with van der Waals surface area (Å²) >= 11 is 0. The van der Waals surface area contributed by atoms with E-state index in [-0.39, 0.29) is 5.91 Å². The number of nitrogens with one attached hydrogen (secondary N) is 1. The highest BCUT2D eigenvalue weighted by atomic mass is 16.5. The first-order valence-electron chi connectivity index (χ1n) is 10.5. The van der Waals surface area contributed by atoms with Crippen molar-refractivity contribution >= 4 is 17.1 Å². The lowest BCUT2D eigenvalue weighted by atomic mass is 10.1. The Balaban J connectivity index is 1.35. The third-order valence-corrected chi connectivity index (χ3v) is 5.33. The fourth-order valence-corrected chi connectivity index (χ4v) is 3.73. The SMILES string of the molecule is COc1ccc(CCNC(=O)Cc2ccc(-n3c(C)nc4cccnc43)cc2)cc1OC. The van der Waals surface area contributed by atoms with Crippen LogP contribution in [0.5, 0.6) is 11.5 Å². The number of amides is 1. The minimum atomic E-state index is -0.0100. The van der Waals surface area contributed by atoms with Crippen LogP contribution in [0.1, 0.15) is 17.0 Å². The molecular weight excluding hydrogens is 404 g/mol. The van der Waals surface area contributed by atoms with E-state index in [2.05, 4.69) is 15.3 Å². The number of imidazole rings is 1. The van der Waals surface area contributed by atoms with Crippen molar-refractivity contribution in [1.82, 2.24) is 19.9 Å². The topological polar surface area (TPSA) is 78.3 Å². The molecule has 0 atom stereocenters. The minimum absolute atomic E-state index is 0.0100. The summed E-state index contributed by atoms with van der Waals surface area (Å²) in [5.74, 6) is 2.24. The minimum Gasteiger partial charge on any atom is -0.493 e. The number of ether oxygens (including phenoxy) is 2. The van der Waals surface area contributed by atoms with E-state index < -0.39 is 0 Å². The number of hydrogen-bond donors (Lipinski definition) is 1. The van der Waals surface area contributed by atoms with Crippen LogP contribution in [0, 0.1) is 6.92 Å². The van der Waals surface area contributed by atoms with Crippen LogP contribution in [0.25, 0.3) is 16.9 Å². The van der Waals surface area contributed by atoms with Crippen LogP contribution in [-0.4, -0.2) is 41.2 Å². The maximum absolute atomic E-state index is 12.4. The number of methoxy groups -OCH3 is 2. The van der Waals surface area contributed by atoms with Crippen molar-refractivity contribution in [2.75, 3.05) is 20.8 Å². The van der Waals surface area contributed by atoms with E-state index in [4.69, 9.17) is 9.47 Å². The molecule has 1 amide bonds. The number of benzene rings is 2. The Hall–Kier alpha value is -3.87. The largest absolute Gasteiger partial charge is 0.493 e. The monoisotopic (exact) mass is 430 g/mol. The average molecular weight is 431 g/mol. The number of aromatic nitrogens is 3. The molecule has 32 heavy (non-hydrogen) atoms. The van der Waals surface area contributed by atoms with Crippen LogP contribution in [-0.2, 0) is 17.6 Å². The third-order valence-electron chi connectivity index (χ3n) is 5.33. The predicted octanol–water partition coefficient (Wildman–Crippen LogP) is 3.65. The van der Waals surface area contributed by atoms with E-state index in [0.29, 0.717) is 30.9 Å². The second-order valence-electron chi connectivity index (χ2n) is 7.47. The highest BCUT2D eigenvalue weighted by Gasteiger charge is 2.11. The van der Waals surface area contributed by atoms with Gasteiger partial charge in [0.1, 0.15) is 11.3 Å². The van der Waals surface area contributed by atoms with Crippen molar-refractivity contribution in [2.24, 2.45) is 0 Å². The van der Waals surface area contributed by atoms with E-state index >= 15 is 0 Å². The maximum Gasteiger partial charge on any atom is 0.224 e. The van der Waals surface area contributed by atoms with Gasteiger partial charge in [-0.2, -0.15) is 0 Å². The summed E-state index contributed by atoms with van der Waals surface area (Å²) in [6.45, 7) is 2.51. The molecule has 2 aromatic heterocycles. The number of nitrogens with zero attached hydrogens (tertiary/aromatic N) is 3. The van der Waals surface area contributed by atoms with Gasteiger partial charge in [-0.25, -0.2) is 9.97 Å². The molecule has 4 aromatic rings. The zero-order valence-electron chi connectivity index (χ0n) is 18.5. The molecule has 0 unspecified atom stereocenters. The van der Waals surface area contributed by atoms with Crippen LogP contribution in [0.15, 0.2) is 60.8 Å². The molecule has 0 radical (unpaired) electrons. The molecule has 0 aliphatic rings. The first kappa shape index (κ1) is 21.4. The van der Waals surface area contributed by atoms with E-state index in [1.165, 1.54) is 0 Å². The summed E-state index contributed by atoms with van der Waals surface area (Å²) in [4.78, 5) is 21.4. The van der Waals surface area contributed by atoms with Crippen molar-refractivity contribution < 1.29 is 14.3 Å². The van der Waals surface area contributed by atoms with Crippen LogP contribution in [0.2, 0.25) is 0 Å². The van der Waals surface area contributed by atoms with Crippen molar-refractivity contribution in [3.05, 3.63) is 77.7 Å². The van der Waals surface area contributed by atoms with Crippen molar-refractivity contribution in [1.29, 1.82) is 0 Å². The van der Waals surface area contributed by atoms with Crippen molar-refractivity contribution in [3.8, 4) is 17.2 Å². The highest BCUT2D eigenvalue weighted by molar-refractivity contribution is 5.78. The molecule has 0 spiro atoms. The van der Waals surface area contributed by atoms with Crippen LogP contribution >= 0.6 is 0 Å². The van der Waals surface area contributed by atoms with Crippen molar-refractivity contribution in [3.63, 3.8) is 0 Å². The van der Waals surface area contributed by atoms with Crippen LogP contribution in [0.3, 0.4) is 0 Å². The fraction of sp³-hybridized carbons (Fsp3) is 0.240. The van der Waals surface area contributed by atoms with Gasteiger partial charge in [-0.3, -0.25) is 9.36 Å². The summed E-state index contributed by atoms with van der Waals surface area (Å²) in [7, 11) is 3.22. The normalized spacial score (nSPS) is 10.8. The molecule has 0 aliphatic carbocycles. The molecule has 4 rings (SSSR count). The fourth-order valence-electron chi connectivity index (χ4n) is 3.73. The summed E-state index contributed by atoms with van der Waals surface area (Å²) in [5, 5.41) is 2.98. The molecule has 7 nitrogen and oxygen atoms in total. The van der Waals surface area contributed by atoms with E-state index in [1.54, 1.807) is 20.4 Å². The van der Waals surface area contributed by atoms with E-state index in [1.807, 2.05) is 66.1 Å². The molecule has 7 heteroatoms. The number of pyridine rings is 1. The Kier molecular flexibility index (Phi) is 6.35. The Morgan fingerprint density at radius 1 is 1.00 bits per heavy atom. The first-order valence-corrected chi connectivity index (χ1v) is 10.5. The van der Waals surface area contributed by atoms with Gasteiger partial charge in [-0.15, -0.1) is 0 Å². The summed E-state index contributed by atoms with van der Waals surface area (Å²) in [6.07, 6.45) is 2.81. The van der Waals surface area contributed by atoms with Gasteiger partial charge < -0.3 is 14.8 Å². The lowest BCUT2D eigenvalue weighted by Gasteiger charge is -2.10. The second-order valence-corrected chi connectivity index (χ2v) is 7.47. The molecule has 0 aliphatic heterocycles. The number of rotatable bonds is 8. The molecular formula is C25H26N4O3. The van der Waals surface area contributed by atoms with Crippen molar-refractivity contribution in [2.45, 2.75) is 19.8 Å². The Labute approximate surface area is 187 Å². The number of carbonyl (C=O) groups is 1. The molecule has 2 heterocycles. The number of fused-ring (bicyclic) bond motifs is 1. The first-order chi connectivity index (χ1) is 15.6. The summed E-state index contributed by atoms with van der Waals surface area (Å²) < 4.78 is 12.6. The number of carbonyl (C=O) groups excluding carboxylic acids is 1. The van der Waals surface area contributed by atoms with Gasteiger partial charge in [-0.1, -0.05) is 18.2 Å². The lowest BCUT2D eigenvalue weighted by molar-refractivity contribution is -0.120. The standard InChI is InChI=1S/C25H26N4O3/c1-17-28-21-5-4-13-27-25(21)29(17)20-9-6-18(7-10-20)16-24(30)26-14-12-19-8-11-22(31-2)23(15-19)32-3/h4-11,13,15H,12,14,16H2,1-3H3,(H,26,30). The van der Waals surface area contributed by atoms with Gasteiger partial charge >= 0.3 is 0 Å². The number of hydrogen-bond acceptors (Lipinski definition) is 5. The molecule has 0 bridgehead atoms. The smallest absolute Gasteiger partial charge is 0.224 e. The summed E-state index contributed by atoms with van der Waals surface area (Å²) in [5.41, 5.74) is 4.69. The van der Waals surface area contributed by atoms with Crippen LogP contribution in [0.4, 0.5) is 0 Å². The van der Waals surface area contributed by atoms with E-state index in [9.17, 15) is 4.79 Å². The molecule has 1 N–H and O–H groups in total. The third kappa shape index (κ3) is 4.56. The van der Waals surface area contributed by atoms with Gasteiger partial charge in [0, 0.05) is 18.4 Å². The lowest BCUT2D eigenvalue weighted by Crippen LogP contribution is -2.27. The molecule has 164 valence electrons. The van der Waals surface area contributed by atoms with Gasteiger partial charge in [0.05, 0.1) is 20.6 Å². The Morgan fingerprint density at radius 2 is 1.75 bits per heavy atom. The molecule has 2 aromatic carbocycles. The predicted molar refractivity (Wildman–Crippen MR) is 124 cm³/mol. The molecule has 0 fully saturated rings. The Bertz CT molecular complexity index is 1230. The zero-order valence-corrected chi connectivity index (χ0v) is 18.5. The average Bonchev–Trinajstić information content (AvgIpc) is 3.15. The van der Waals surface area contributed by atoms with Gasteiger partial charge in [0.15, 0.2) is 17.1 Å². The second kappa shape index (κ2) is 9.51. The maximum atomic E-state index is 12.4. The van der Waals surface area contributed by atoms with Crippen LogP contribution < -0.4 is 14.8 Å². The number of aryl methyl sites for hydroxylation is 1. The highest BCUT2D eigenvalue weighted by Crippen LogP contribution is 2.27. The summed E-state index contributed by atoms with van der Waals surface area (Å²) in [6, 6.07) is 17.5. The van der Waals surface area contributed by atoms with E-state index in [0.717, 1.165) is 33.8 Å². The molecule has 0 saturated heterocycles. The zero-order chi connectivity index (χ0) is 22.5. The van der Waals surface area contributed by atoms with Gasteiger partial charge in [0.25, 0.3) is 0 Å². The quantitative estimate of drug-likeness (QED) is 0.462. The van der Waals surface area contributed by atoms with Gasteiger partial charge in [0.2, 0.25) is 5.91 Å². The van der Waals surface area contributed by atoms with Gasteiger partial charge in [-0.05, 0) is 60.9 Å².